The Morgan fingerprint density at radius 2 is 1.90 bits per heavy atom. The maximum Gasteiger partial charge on any atom is 0.298 e. The molecule has 0 bridgehead atoms. The summed E-state index contributed by atoms with van der Waals surface area (Å²) in [6.07, 6.45) is 1.81. The minimum atomic E-state index is -1.45. The van der Waals surface area contributed by atoms with Crippen LogP contribution in [0.1, 0.15) is 0 Å². The molecule has 1 aliphatic heterocycles. The second-order valence-electron chi connectivity index (χ2n) is 3.85. The molecule has 104 valence electrons. The summed E-state index contributed by atoms with van der Waals surface area (Å²) >= 11 is 3.94. The van der Waals surface area contributed by atoms with E-state index in [9.17, 15) is 14.4 Å². The number of carbonyl (C=O) groups is 3. The molecule has 0 saturated carbocycles. The molecule has 1 saturated heterocycles. The van der Waals surface area contributed by atoms with Crippen LogP contribution in [0.15, 0.2) is 42.6 Å². The molecule has 1 N–H and O–H groups in total. The third-order valence-electron chi connectivity index (χ3n) is 2.54. The molecule has 2 heterocycles. The van der Waals surface area contributed by atoms with Crippen LogP contribution in [0.2, 0.25) is 0 Å². The highest BCUT2D eigenvalue weighted by Gasteiger charge is 2.36. The van der Waals surface area contributed by atoms with Crippen LogP contribution < -0.4 is 4.72 Å². The van der Waals surface area contributed by atoms with Gasteiger partial charge in [-0.15, -0.1) is 11.6 Å². The highest BCUT2D eigenvalue weighted by Crippen LogP contribution is 2.32. The summed E-state index contributed by atoms with van der Waals surface area (Å²) in [5, 5.41) is 1.20. The molecule has 3 rings (SSSR count). The number of halogens is 1. The van der Waals surface area contributed by atoms with Crippen molar-refractivity contribution in [2.75, 3.05) is 0 Å². The Labute approximate surface area is 122 Å². The number of para-hydroxylation sites is 1. The molecule has 1 aliphatic rings. The third-order valence-corrected chi connectivity index (χ3v) is 4.78. The maximum absolute atomic E-state index is 10.6. The van der Waals surface area contributed by atoms with Crippen molar-refractivity contribution in [3.63, 3.8) is 0 Å². The number of hydrogen-bond acceptors (Lipinski definition) is 4. The summed E-state index contributed by atoms with van der Waals surface area (Å²) < 4.78 is 1.22. The van der Waals surface area contributed by atoms with Gasteiger partial charge < -0.3 is 4.72 Å². The van der Waals surface area contributed by atoms with E-state index in [0.29, 0.717) is 5.62 Å². The number of rotatable bonds is 1. The number of benzene rings is 1. The van der Waals surface area contributed by atoms with Crippen molar-refractivity contribution in [1.82, 2.24) is 9.71 Å². The van der Waals surface area contributed by atoms with Gasteiger partial charge in [0.15, 0.2) is 10.3 Å². The molecule has 1 aromatic carbocycles. The van der Waals surface area contributed by atoms with Gasteiger partial charge in [-0.25, -0.2) is 0 Å². The van der Waals surface area contributed by atoms with E-state index in [1.807, 2.05) is 30.5 Å². The van der Waals surface area contributed by atoms with Gasteiger partial charge in [0, 0.05) is 11.6 Å². The number of pyridine rings is 1. The Morgan fingerprint density at radius 1 is 1.20 bits per heavy atom. The first-order valence-electron chi connectivity index (χ1n) is 5.66. The Balaban J connectivity index is 0.000000147. The number of aromatic nitrogens is 1. The highest BCUT2D eigenvalue weighted by molar-refractivity contribution is 8.29. The summed E-state index contributed by atoms with van der Waals surface area (Å²) in [7, 11) is 0. The molecule has 20 heavy (non-hydrogen) atoms. The minimum Gasteiger partial charge on any atom is -0.306 e. The maximum atomic E-state index is 10.6. The number of hydrogen-bond donors (Lipinski definition) is 2. The first kappa shape index (κ1) is 14.5. The number of nitrogens with one attached hydrogen (secondary N) is 1. The fourth-order valence-corrected chi connectivity index (χ4v) is 2.93. The number of ketones is 1. The molecule has 1 fully saturated rings. The van der Waals surface area contributed by atoms with Crippen molar-refractivity contribution in [3.05, 3.63) is 42.6 Å². The smallest absolute Gasteiger partial charge is 0.298 e. The average molecular weight is 311 g/mol. The van der Waals surface area contributed by atoms with Crippen LogP contribution in [0.4, 0.5) is 0 Å². The SMILES string of the molecule is O=C[SH]1NC(=O)C(=O)C1Cl.c1ccc2ncccc2c1. The predicted octanol–water partition coefficient (Wildman–Crippen LogP) is 1.59. The molecule has 2 unspecified atom stereocenters. The van der Waals surface area contributed by atoms with Crippen LogP contribution in [0.25, 0.3) is 10.9 Å². The van der Waals surface area contributed by atoms with Gasteiger partial charge in [-0.05, 0) is 12.1 Å². The molecule has 2 aromatic rings. The van der Waals surface area contributed by atoms with Crippen LogP contribution in [0.5, 0.6) is 0 Å². The van der Waals surface area contributed by atoms with Crippen LogP contribution in [0, 0.1) is 0 Å². The summed E-state index contributed by atoms with van der Waals surface area (Å²) in [6.45, 7) is 0. The largest absolute Gasteiger partial charge is 0.306 e. The lowest BCUT2D eigenvalue weighted by Gasteiger charge is -2.05. The number of carbonyl (C=O) groups excluding carboxylic acids is 3. The number of fused-ring (bicyclic) bond motifs is 1. The lowest BCUT2D eigenvalue weighted by Crippen LogP contribution is -2.18. The summed E-state index contributed by atoms with van der Waals surface area (Å²) in [5.41, 5.74) is 1.57. The lowest BCUT2D eigenvalue weighted by atomic mass is 10.2. The molecule has 7 heteroatoms. The molecule has 0 spiro atoms. The molecule has 0 aliphatic carbocycles. The minimum absolute atomic E-state index is 0.510. The monoisotopic (exact) mass is 310 g/mol. The van der Waals surface area contributed by atoms with Crippen LogP contribution in [0.3, 0.4) is 0 Å². The molecular formula is C13H11ClN2O3S. The van der Waals surface area contributed by atoms with Crippen molar-refractivity contribution >= 4 is 50.9 Å². The van der Waals surface area contributed by atoms with Crippen LogP contribution in [-0.2, 0) is 14.4 Å². The van der Waals surface area contributed by atoms with E-state index in [1.54, 1.807) is 0 Å². The van der Waals surface area contributed by atoms with Crippen LogP contribution >= 0.6 is 22.7 Å². The van der Waals surface area contributed by atoms with E-state index in [0.717, 1.165) is 5.52 Å². The molecule has 5 nitrogen and oxygen atoms in total. The van der Waals surface area contributed by atoms with Crippen LogP contribution in [-0.4, -0.2) is 27.0 Å². The first-order chi connectivity index (χ1) is 9.63. The van der Waals surface area contributed by atoms with Crippen molar-refractivity contribution in [1.29, 1.82) is 0 Å². The van der Waals surface area contributed by atoms with Gasteiger partial charge in [0.1, 0.15) is 0 Å². The first-order valence-corrected chi connectivity index (χ1v) is 7.57. The van der Waals surface area contributed by atoms with E-state index in [-0.39, 0.29) is 0 Å². The third kappa shape index (κ3) is 3.15. The molecule has 1 aromatic heterocycles. The zero-order chi connectivity index (χ0) is 14.5. The summed E-state index contributed by atoms with van der Waals surface area (Å²) in [5.74, 6) is -1.46. The summed E-state index contributed by atoms with van der Waals surface area (Å²) in [6, 6.07) is 12.1. The van der Waals surface area contributed by atoms with E-state index in [1.165, 1.54) is 5.39 Å². The Morgan fingerprint density at radius 3 is 2.45 bits per heavy atom. The molecule has 2 atom stereocenters. The number of Topliss-reactive ketones (excluding diaryl/α,β-unsaturated/α-hetero) is 1. The lowest BCUT2D eigenvalue weighted by molar-refractivity contribution is -0.134. The predicted molar refractivity (Wildman–Crippen MR) is 80.3 cm³/mol. The molecule has 1 amide bonds. The van der Waals surface area contributed by atoms with Gasteiger partial charge in [-0.3, -0.25) is 19.4 Å². The van der Waals surface area contributed by atoms with Gasteiger partial charge in [0.2, 0.25) is 5.78 Å². The van der Waals surface area contributed by atoms with Gasteiger partial charge in [-0.2, -0.15) is 0 Å². The zero-order valence-electron chi connectivity index (χ0n) is 10.2. The number of nitrogens with zero attached hydrogens (tertiary/aromatic N) is 1. The number of thiol groups is 1. The van der Waals surface area contributed by atoms with Gasteiger partial charge in [0.25, 0.3) is 5.91 Å². The number of amides is 1. The van der Waals surface area contributed by atoms with E-state index >= 15 is 0 Å². The van der Waals surface area contributed by atoms with Gasteiger partial charge >= 0.3 is 0 Å². The van der Waals surface area contributed by atoms with E-state index < -0.39 is 27.5 Å². The number of alkyl halides is 1. The molecular weight excluding hydrogens is 300 g/mol. The fraction of sp³-hybridized carbons (Fsp3) is 0.0769. The van der Waals surface area contributed by atoms with Gasteiger partial charge in [-0.1, -0.05) is 35.3 Å². The van der Waals surface area contributed by atoms with Crippen molar-refractivity contribution < 1.29 is 14.4 Å². The van der Waals surface area contributed by atoms with Gasteiger partial charge in [0.05, 0.1) is 5.52 Å². The quantitative estimate of drug-likeness (QED) is 0.363. The normalized spacial score (nSPS) is 22.9. The Hall–Kier alpha value is -1.92. The van der Waals surface area contributed by atoms with E-state index in [2.05, 4.69) is 21.8 Å². The second-order valence-corrected chi connectivity index (χ2v) is 6.36. The van der Waals surface area contributed by atoms with Crippen molar-refractivity contribution in [2.45, 2.75) is 4.71 Å². The Kier molecular flexibility index (Phi) is 4.70. The molecule has 0 radical (unpaired) electrons. The average Bonchev–Trinajstić information content (AvgIpc) is 2.75. The standard InChI is InChI=1S/C9H7N.C4H4ClNO3S/c1-2-6-9-8(4-1)5-3-7-10-9;5-3-2(8)4(9)6-10(3)1-7/h1-7H;1,3,10H,(H,6,9). The second kappa shape index (κ2) is 6.49. The van der Waals surface area contributed by atoms with E-state index in [4.69, 9.17) is 11.6 Å². The summed E-state index contributed by atoms with van der Waals surface area (Å²) in [4.78, 5) is 35.3. The fourth-order valence-electron chi connectivity index (χ4n) is 1.56. The highest BCUT2D eigenvalue weighted by atomic mass is 35.5. The Bertz CT molecular complexity index is 599. The van der Waals surface area contributed by atoms with Crippen molar-refractivity contribution in [2.24, 2.45) is 0 Å². The zero-order valence-corrected chi connectivity index (χ0v) is 11.8. The van der Waals surface area contributed by atoms with Crippen molar-refractivity contribution in [3.8, 4) is 0 Å². The topological polar surface area (TPSA) is 76.1 Å².